The highest BCUT2D eigenvalue weighted by Crippen LogP contribution is 2.32. The molecule has 2 aromatic carbocycles. The number of benzene rings is 2. The Kier molecular flexibility index (Phi) is 11.4. The molecule has 10 heteroatoms. The van der Waals surface area contributed by atoms with E-state index in [2.05, 4.69) is 35.8 Å². The summed E-state index contributed by atoms with van der Waals surface area (Å²) in [6.07, 6.45) is 1.94. The van der Waals surface area contributed by atoms with Crippen LogP contribution in [0.15, 0.2) is 42.5 Å². The molecule has 0 aromatic heterocycles. The number of anilines is 1. The number of nitrogens with zero attached hydrogens (tertiary/aromatic N) is 4. The molecule has 2 aliphatic heterocycles. The minimum Gasteiger partial charge on any atom is -0.493 e. The van der Waals surface area contributed by atoms with Crippen molar-refractivity contribution in [1.29, 1.82) is 0 Å². The molecule has 220 valence electrons. The summed E-state index contributed by atoms with van der Waals surface area (Å²) in [5, 5.41) is 11.1. The van der Waals surface area contributed by atoms with Crippen LogP contribution >= 0.6 is 0 Å². The van der Waals surface area contributed by atoms with Crippen LogP contribution in [0.3, 0.4) is 0 Å². The summed E-state index contributed by atoms with van der Waals surface area (Å²) < 4.78 is 16.9. The summed E-state index contributed by atoms with van der Waals surface area (Å²) in [6, 6.07) is 12.9. The molecule has 0 unspecified atom stereocenters. The van der Waals surface area contributed by atoms with Crippen LogP contribution < -0.4 is 19.1 Å². The van der Waals surface area contributed by atoms with Gasteiger partial charge >= 0.3 is 5.69 Å². The molecule has 10 nitrogen and oxygen atoms in total. The van der Waals surface area contributed by atoms with Gasteiger partial charge in [0.2, 0.25) is 11.7 Å². The first-order valence-corrected chi connectivity index (χ1v) is 13.8. The van der Waals surface area contributed by atoms with E-state index in [4.69, 9.17) is 14.2 Å². The Balaban J connectivity index is 0.00000441. The monoisotopic (exact) mass is 556 g/mol. The fraction of sp³-hybridized carbons (Fsp3) is 0.567. The predicted octanol–water partition coefficient (Wildman–Crippen LogP) is 4.86. The van der Waals surface area contributed by atoms with E-state index in [1.807, 2.05) is 17.0 Å². The quantitative estimate of drug-likeness (QED) is 0.286. The lowest BCUT2D eigenvalue weighted by Gasteiger charge is -2.37. The minimum absolute atomic E-state index is 0. The first-order valence-electron chi connectivity index (χ1n) is 13.8. The molecule has 0 spiro atoms. The molecule has 2 aromatic rings. The zero-order valence-electron chi connectivity index (χ0n) is 23.2. The molecule has 0 N–H and O–H groups in total. The van der Waals surface area contributed by atoms with Gasteiger partial charge in [-0.3, -0.25) is 19.8 Å². The lowest BCUT2D eigenvalue weighted by molar-refractivity contribution is -0.385. The fourth-order valence-corrected chi connectivity index (χ4v) is 4.96. The summed E-state index contributed by atoms with van der Waals surface area (Å²) in [6.45, 7) is 10.8. The topological polar surface area (TPSA) is 97.6 Å². The molecular formula is C30H44N4O6. The maximum absolute atomic E-state index is 12.9. The van der Waals surface area contributed by atoms with Crippen LogP contribution in [0.25, 0.3) is 0 Å². The van der Waals surface area contributed by atoms with Crippen LogP contribution in [-0.4, -0.2) is 86.3 Å². The SMILES string of the molecule is C.COc1cc(OC2CCN(C(=O)CCN3CCN(c4ccc(OCC(C)C)cc4)CC3)CC2)ccc1[N+](=O)[O-]. The van der Waals surface area contributed by atoms with Crippen molar-refractivity contribution in [3.63, 3.8) is 0 Å². The number of ether oxygens (including phenoxy) is 3. The standard InChI is InChI=1S/C29H40N4O6.CH4/c1-22(2)21-38-24-6-4-23(5-7-24)31-18-16-30(17-19-31)13-12-29(34)32-14-10-25(11-15-32)39-26-8-9-27(33(35)36)28(20-26)37-3;/h4-9,20,22,25H,10-19,21H2,1-3H3;1H4. The number of rotatable bonds is 11. The molecule has 0 aliphatic carbocycles. The Hall–Kier alpha value is -3.53. The van der Waals surface area contributed by atoms with Gasteiger partial charge in [-0.2, -0.15) is 0 Å². The zero-order valence-corrected chi connectivity index (χ0v) is 23.2. The number of nitro groups is 1. The third-order valence-corrected chi connectivity index (χ3v) is 7.24. The van der Waals surface area contributed by atoms with Gasteiger partial charge in [-0.15, -0.1) is 0 Å². The fourth-order valence-electron chi connectivity index (χ4n) is 4.96. The Morgan fingerprint density at radius 2 is 1.65 bits per heavy atom. The average molecular weight is 557 g/mol. The number of nitro benzene ring substituents is 1. The number of piperazine rings is 1. The molecule has 4 rings (SSSR count). The molecule has 0 saturated carbocycles. The van der Waals surface area contributed by atoms with Gasteiger partial charge in [-0.1, -0.05) is 21.3 Å². The predicted molar refractivity (Wildman–Crippen MR) is 157 cm³/mol. The van der Waals surface area contributed by atoms with Gasteiger partial charge in [0.15, 0.2) is 0 Å². The second-order valence-corrected chi connectivity index (χ2v) is 10.6. The van der Waals surface area contributed by atoms with Crippen molar-refractivity contribution >= 4 is 17.3 Å². The number of carbonyl (C=O) groups is 1. The molecule has 2 saturated heterocycles. The van der Waals surface area contributed by atoms with Gasteiger partial charge in [0, 0.05) is 82.9 Å². The molecular weight excluding hydrogens is 512 g/mol. The lowest BCUT2D eigenvalue weighted by atomic mass is 10.1. The molecule has 2 aliphatic rings. The summed E-state index contributed by atoms with van der Waals surface area (Å²) in [7, 11) is 1.40. The van der Waals surface area contributed by atoms with Crippen LogP contribution in [0.5, 0.6) is 17.2 Å². The highest BCUT2D eigenvalue weighted by Gasteiger charge is 2.26. The second-order valence-electron chi connectivity index (χ2n) is 10.6. The van der Waals surface area contributed by atoms with Crippen molar-refractivity contribution < 1.29 is 23.9 Å². The molecule has 2 fully saturated rings. The van der Waals surface area contributed by atoms with Crippen LogP contribution in [0.1, 0.15) is 40.5 Å². The third kappa shape index (κ3) is 8.48. The molecule has 0 bridgehead atoms. The first kappa shape index (κ1) is 31.0. The summed E-state index contributed by atoms with van der Waals surface area (Å²) in [4.78, 5) is 30.2. The maximum Gasteiger partial charge on any atom is 0.311 e. The maximum atomic E-state index is 12.9. The Morgan fingerprint density at radius 3 is 2.25 bits per heavy atom. The third-order valence-electron chi connectivity index (χ3n) is 7.24. The van der Waals surface area contributed by atoms with Crippen molar-refractivity contribution in [3.05, 3.63) is 52.6 Å². The van der Waals surface area contributed by atoms with Crippen LogP contribution in [0.4, 0.5) is 11.4 Å². The number of piperidine rings is 1. The highest BCUT2D eigenvalue weighted by molar-refractivity contribution is 5.76. The molecule has 0 atom stereocenters. The van der Waals surface area contributed by atoms with Crippen molar-refractivity contribution in [2.24, 2.45) is 5.92 Å². The normalized spacial score (nSPS) is 16.4. The Bertz CT molecular complexity index is 1090. The Morgan fingerprint density at radius 1 is 1.00 bits per heavy atom. The van der Waals surface area contributed by atoms with Crippen molar-refractivity contribution in [1.82, 2.24) is 9.80 Å². The number of likely N-dealkylation sites (tertiary alicyclic amines) is 1. The van der Waals surface area contributed by atoms with Gasteiger partial charge in [-0.05, 0) is 36.2 Å². The molecule has 40 heavy (non-hydrogen) atoms. The molecule has 1 amide bonds. The summed E-state index contributed by atoms with van der Waals surface area (Å²) >= 11 is 0. The largest absolute Gasteiger partial charge is 0.493 e. The Labute approximate surface area is 237 Å². The van der Waals surface area contributed by atoms with E-state index in [0.717, 1.165) is 57.9 Å². The molecule has 0 radical (unpaired) electrons. The van der Waals surface area contributed by atoms with Gasteiger partial charge in [0.25, 0.3) is 0 Å². The second kappa shape index (κ2) is 14.7. The highest BCUT2D eigenvalue weighted by atomic mass is 16.6. The van der Waals surface area contributed by atoms with Gasteiger partial charge in [0.1, 0.15) is 17.6 Å². The lowest BCUT2D eigenvalue weighted by Crippen LogP contribution is -2.48. The average Bonchev–Trinajstić information content (AvgIpc) is 2.95. The van der Waals surface area contributed by atoms with E-state index >= 15 is 0 Å². The van der Waals surface area contributed by atoms with E-state index < -0.39 is 4.92 Å². The first-order chi connectivity index (χ1) is 18.8. The number of carbonyl (C=O) groups excluding carboxylic acids is 1. The van der Waals surface area contributed by atoms with E-state index in [0.29, 0.717) is 31.2 Å². The number of amides is 1. The van der Waals surface area contributed by atoms with Crippen molar-refractivity contribution in [3.8, 4) is 17.2 Å². The van der Waals surface area contributed by atoms with Gasteiger partial charge in [0.05, 0.1) is 18.6 Å². The van der Waals surface area contributed by atoms with E-state index in [9.17, 15) is 14.9 Å². The number of hydrogen-bond acceptors (Lipinski definition) is 8. The van der Waals surface area contributed by atoms with Crippen molar-refractivity contribution in [2.75, 3.05) is 64.4 Å². The van der Waals surface area contributed by atoms with Gasteiger partial charge in [-0.25, -0.2) is 0 Å². The zero-order chi connectivity index (χ0) is 27.8. The van der Waals surface area contributed by atoms with Crippen LogP contribution in [0, 0.1) is 16.0 Å². The van der Waals surface area contributed by atoms with E-state index in [1.165, 1.54) is 18.9 Å². The molecule has 2 heterocycles. The smallest absolute Gasteiger partial charge is 0.311 e. The minimum atomic E-state index is -0.477. The summed E-state index contributed by atoms with van der Waals surface area (Å²) in [5.41, 5.74) is 1.12. The van der Waals surface area contributed by atoms with Crippen molar-refractivity contribution in [2.45, 2.75) is 46.6 Å². The van der Waals surface area contributed by atoms with Crippen LogP contribution in [0.2, 0.25) is 0 Å². The number of methoxy groups -OCH3 is 1. The van der Waals surface area contributed by atoms with Crippen LogP contribution in [-0.2, 0) is 4.79 Å². The van der Waals surface area contributed by atoms with Gasteiger partial charge < -0.3 is 24.0 Å². The number of hydrogen-bond donors (Lipinski definition) is 0. The van der Waals surface area contributed by atoms with E-state index in [-0.39, 0.29) is 30.9 Å². The van der Waals surface area contributed by atoms with E-state index in [1.54, 1.807) is 12.1 Å². The summed E-state index contributed by atoms with van der Waals surface area (Å²) in [5.74, 6) is 2.31.